The van der Waals surface area contributed by atoms with Crippen molar-refractivity contribution >= 4 is 0 Å². The van der Waals surface area contributed by atoms with E-state index in [0.717, 1.165) is 25.3 Å². The summed E-state index contributed by atoms with van der Waals surface area (Å²) in [6.45, 7) is 3.58. The van der Waals surface area contributed by atoms with Crippen molar-refractivity contribution in [2.24, 2.45) is 5.92 Å². The van der Waals surface area contributed by atoms with Crippen LogP contribution in [-0.2, 0) is 10.3 Å². The van der Waals surface area contributed by atoms with Crippen LogP contribution in [-0.4, -0.2) is 45.3 Å². The standard InChI is InChI=1S/C17H25N3O/c1-19-17(13-18,16-8-4-3-5-9-16)14-20-10-6-7-15(11-20)12-21-2/h3-5,8-9,15,19H,6-7,10-12,14H2,1-2H3. The van der Waals surface area contributed by atoms with E-state index in [1.54, 1.807) is 7.11 Å². The minimum absolute atomic E-state index is 0.577. The highest BCUT2D eigenvalue weighted by atomic mass is 16.5. The highest BCUT2D eigenvalue weighted by Crippen LogP contribution is 2.25. The zero-order chi connectivity index (χ0) is 15.1. The van der Waals surface area contributed by atoms with Gasteiger partial charge in [-0.05, 0) is 37.9 Å². The van der Waals surface area contributed by atoms with Crippen LogP contribution in [0.1, 0.15) is 18.4 Å². The van der Waals surface area contributed by atoms with Gasteiger partial charge in [-0.3, -0.25) is 10.2 Å². The van der Waals surface area contributed by atoms with Gasteiger partial charge in [-0.2, -0.15) is 5.26 Å². The summed E-state index contributed by atoms with van der Waals surface area (Å²) in [5.74, 6) is 0.577. The number of likely N-dealkylation sites (N-methyl/N-ethyl adjacent to an activating group) is 1. The Hall–Kier alpha value is -1.41. The molecule has 2 rings (SSSR count). The Kier molecular flexibility index (Phi) is 5.75. The molecular formula is C17H25N3O. The van der Waals surface area contributed by atoms with E-state index in [1.807, 2.05) is 37.4 Å². The van der Waals surface area contributed by atoms with Crippen LogP contribution in [0, 0.1) is 17.2 Å². The van der Waals surface area contributed by atoms with Crippen LogP contribution in [0.4, 0.5) is 0 Å². The number of hydrogen-bond donors (Lipinski definition) is 1. The van der Waals surface area contributed by atoms with E-state index in [9.17, 15) is 5.26 Å². The van der Waals surface area contributed by atoms with Crippen LogP contribution in [0.5, 0.6) is 0 Å². The molecule has 4 nitrogen and oxygen atoms in total. The first-order valence-electron chi connectivity index (χ1n) is 7.61. The Morgan fingerprint density at radius 1 is 1.43 bits per heavy atom. The zero-order valence-corrected chi connectivity index (χ0v) is 13.0. The van der Waals surface area contributed by atoms with Crippen molar-refractivity contribution in [1.29, 1.82) is 5.26 Å². The highest BCUT2D eigenvalue weighted by Gasteiger charge is 2.34. The maximum atomic E-state index is 9.77. The summed E-state index contributed by atoms with van der Waals surface area (Å²) in [4.78, 5) is 2.39. The summed E-state index contributed by atoms with van der Waals surface area (Å²) in [6.07, 6.45) is 2.39. The average molecular weight is 287 g/mol. The second-order valence-corrected chi connectivity index (χ2v) is 5.83. The number of rotatable bonds is 6. The number of likely N-dealkylation sites (tertiary alicyclic amines) is 1. The zero-order valence-electron chi connectivity index (χ0n) is 13.0. The topological polar surface area (TPSA) is 48.3 Å². The molecule has 1 N–H and O–H groups in total. The van der Waals surface area contributed by atoms with Crippen molar-refractivity contribution < 1.29 is 4.74 Å². The number of ether oxygens (including phenoxy) is 1. The molecule has 0 aliphatic carbocycles. The van der Waals surface area contributed by atoms with E-state index in [4.69, 9.17) is 4.74 Å². The van der Waals surface area contributed by atoms with Gasteiger partial charge in [-0.15, -0.1) is 0 Å². The lowest BCUT2D eigenvalue weighted by Crippen LogP contribution is -2.51. The normalized spacial score (nSPS) is 22.4. The number of nitriles is 1. The van der Waals surface area contributed by atoms with Crippen molar-refractivity contribution in [2.45, 2.75) is 18.4 Å². The van der Waals surface area contributed by atoms with Gasteiger partial charge in [0, 0.05) is 20.2 Å². The number of piperidine rings is 1. The molecule has 2 unspecified atom stereocenters. The number of nitrogens with zero attached hydrogens (tertiary/aromatic N) is 2. The van der Waals surface area contributed by atoms with E-state index in [1.165, 1.54) is 12.8 Å². The Bertz CT molecular complexity index is 469. The molecule has 114 valence electrons. The molecule has 1 aliphatic heterocycles. The molecule has 1 fully saturated rings. The molecule has 1 saturated heterocycles. The quantitative estimate of drug-likeness (QED) is 0.869. The third kappa shape index (κ3) is 3.82. The molecule has 0 spiro atoms. The Balaban J connectivity index is 2.11. The predicted octanol–water partition coefficient (Wildman–Crippen LogP) is 1.98. The second kappa shape index (κ2) is 7.56. The second-order valence-electron chi connectivity index (χ2n) is 5.83. The summed E-state index contributed by atoms with van der Waals surface area (Å²) in [7, 11) is 3.63. The van der Waals surface area contributed by atoms with Gasteiger partial charge in [0.05, 0.1) is 12.7 Å². The summed E-state index contributed by atoms with van der Waals surface area (Å²) < 4.78 is 5.29. The first kappa shape index (κ1) is 16.0. The molecule has 0 radical (unpaired) electrons. The van der Waals surface area contributed by atoms with Gasteiger partial charge in [0.1, 0.15) is 5.54 Å². The van der Waals surface area contributed by atoms with Gasteiger partial charge in [0.15, 0.2) is 0 Å². The summed E-state index contributed by atoms with van der Waals surface area (Å²) in [5.41, 5.74) is 0.389. The van der Waals surface area contributed by atoms with Gasteiger partial charge in [-0.1, -0.05) is 30.3 Å². The lowest BCUT2D eigenvalue weighted by molar-refractivity contribution is 0.0804. The van der Waals surface area contributed by atoms with Gasteiger partial charge in [-0.25, -0.2) is 0 Å². The molecular weight excluding hydrogens is 262 g/mol. The Morgan fingerprint density at radius 3 is 2.81 bits per heavy atom. The molecule has 1 aromatic carbocycles. The molecule has 0 amide bonds. The third-order valence-corrected chi connectivity index (χ3v) is 4.35. The van der Waals surface area contributed by atoms with Crippen molar-refractivity contribution in [2.75, 3.05) is 40.4 Å². The van der Waals surface area contributed by atoms with E-state index in [0.29, 0.717) is 12.5 Å². The molecule has 1 heterocycles. The van der Waals surface area contributed by atoms with Gasteiger partial charge >= 0.3 is 0 Å². The lowest BCUT2D eigenvalue weighted by Gasteiger charge is -2.38. The lowest BCUT2D eigenvalue weighted by atomic mass is 9.89. The fourth-order valence-electron chi connectivity index (χ4n) is 3.20. The van der Waals surface area contributed by atoms with Gasteiger partial charge in [0.25, 0.3) is 0 Å². The molecule has 21 heavy (non-hydrogen) atoms. The number of methoxy groups -OCH3 is 1. The average Bonchev–Trinajstić information content (AvgIpc) is 2.54. The van der Waals surface area contributed by atoms with Crippen LogP contribution >= 0.6 is 0 Å². The number of nitrogens with one attached hydrogen (secondary N) is 1. The predicted molar refractivity (Wildman–Crippen MR) is 83.8 cm³/mol. The highest BCUT2D eigenvalue weighted by molar-refractivity contribution is 5.32. The SMILES string of the molecule is CNC(C#N)(CN1CCCC(COC)C1)c1ccccc1. The fourth-order valence-corrected chi connectivity index (χ4v) is 3.20. The van der Waals surface area contributed by atoms with Crippen molar-refractivity contribution in [3.8, 4) is 6.07 Å². The van der Waals surface area contributed by atoms with Crippen LogP contribution in [0.2, 0.25) is 0 Å². The summed E-state index contributed by atoms with van der Waals surface area (Å²) >= 11 is 0. The minimum atomic E-state index is -0.643. The van der Waals surface area contributed by atoms with Crippen LogP contribution in [0.15, 0.2) is 30.3 Å². The number of hydrogen-bond acceptors (Lipinski definition) is 4. The number of benzene rings is 1. The maximum Gasteiger partial charge on any atom is 0.144 e. The maximum absolute atomic E-state index is 9.77. The van der Waals surface area contributed by atoms with Crippen molar-refractivity contribution in [3.63, 3.8) is 0 Å². The van der Waals surface area contributed by atoms with E-state index in [-0.39, 0.29) is 0 Å². The minimum Gasteiger partial charge on any atom is -0.384 e. The molecule has 4 heteroatoms. The van der Waals surface area contributed by atoms with Crippen LogP contribution in [0.25, 0.3) is 0 Å². The van der Waals surface area contributed by atoms with Crippen LogP contribution in [0.3, 0.4) is 0 Å². The third-order valence-electron chi connectivity index (χ3n) is 4.35. The van der Waals surface area contributed by atoms with E-state index >= 15 is 0 Å². The molecule has 1 aliphatic rings. The summed E-state index contributed by atoms with van der Waals surface area (Å²) in [6, 6.07) is 12.5. The smallest absolute Gasteiger partial charge is 0.144 e. The van der Waals surface area contributed by atoms with Gasteiger partial charge < -0.3 is 4.74 Å². The fraction of sp³-hybridized carbons (Fsp3) is 0.588. The molecule has 0 aromatic heterocycles. The van der Waals surface area contributed by atoms with Gasteiger partial charge in [0.2, 0.25) is 0 Å². The Labute approximate surface area is 127 Å². The van der Waals surface area contributed by atoms with E-state index in [2.05, 4.69) is 16.3 Å². The van der Waals surface area contributed by atoms with Crippen molar-refractivity contribution in [1.82, 2.24) is 10.2 Å². The molecule has 0 saturated carbocycles. The molecule has 2 atom stereocenters. The van der Waals surface area contributed by atoms with Crippen molar-refractivity contribution in [3.05, 3.63) is 35.9 Å². The molecule has 1 aromatic rings. The largest absolute Gasteiger partial charge is 0.384 e. The van der Waals surface area contributed by atoms with E-state index < -0.39 is 5.54 Å². The monoisotopic (exact) mass is 287 g/mol. The molecule has 0 bridgehead atoms. The summed E-state index contributed by atoms with van der Waals surface area (Å²) in [5, 5.41) is 13.0. The Morgan fingerprint density at radius 2 is 2.19 bits per heavy atom. The first-order valence-corrected chi connectivity index (χ1v) is 7.61. The van der Waals surface area contributed by atoms with Crippen LogP contribution < -0.4 is 5.32 Å². The first-order chi connectivity index (χ1) is 10.2.